The lowest BCUT2D eigenvalue weighted by molar-refractivity contribution is -0.131. The highest BCUT2D eigenvalue weighted by atomic mass is 32.1. The molecule has 1 amide bonds. The lowest BCUT2D eigenvalue weighted by Crippen LogP contribution is -2.12. The highest BCUT2D eigenvalue weighted by Gasteiger charge is 2.08. The van der Waals surface area contributed by atoms with Crippen molar-refractivity contribution >= 4 is 34.4 Å². The van der Waals surface area contributed by atoms with Gasteiger partial charge in [0.2, 0.25) is 0 Å². The van der Waals surface area contributed by atoms with Gasteiger partial charge in [0.05, 0.1) is 5.56 Å². The van der Waals surface area contributed by atoms with Gasteiger partial charge in [0.15, 0.2) is 5.13 Å². The fourth-order valence-corrected chi connectivity index (χ4v) is 1.82. The van der Waals surface area contributed by atoms with E-state index < -0.39 is 5.97 Å². The van der Waals surface area contributed by atoms with Crippen LogP contribution in [0, 0.1) is 0 Å². The van der Waals surface area contributed by atoms with E-state index in [2.05, 4.69) is 15.3 Å². The molecule has 2 rings (SSSR count). The molecule has 0 bridgehead atoms. The van der Waals surface area contributed by atoms with Gasteiger partial charge >= 0.3 is 5.97 Å². The molecule has 0 atom stereocenters. The predicted octanol–water partition coefficient (Wildman–Crippen LogP) is 1.89. The molecule has 0 aromatic carbocycles. The van der Waals surface area contributed by atoms with E-state index in [1.807, 2.05) is 0 Å². The van der Waals surface area contributed by atoms with Gasteiger partial charge in [0.1, 0.15) is 0 Å². The lowest BCUT2D eigenvalue weighted by Gasteiger charge is -2.01. The summed E-state index contributed by atoms with van der Waals surface area (Å²) in [5.41, 5.74) is 0.872. The number of thiazole rings is 1. The van der Waals surface area contributed by atoms with Gasteiger partial charge in [-0.15, -0.1) is 11.3 Å². The molecule has 19 heavy (non-hydrogen) atoms. The third kappa shape index (κ3) is 3.71. The molecule has 2 heterocycles. The third-order valence-corrected chi connectivity index (χ3v) is 2.78. The summed E-state index contributed by atoms with van der Waals surface area (Å²) in [4.78, 5) is 30.1. The highest BCUT2D eigenvalue weighted by Crippen LogP contribution is 2.13. The Morgan fingerprint density at radius 2 is 2.21 bits per heavy atom. The number of amides is 1. The number of hydrogen-bond acceptors (Lipinski definition) is 5. The molecule has 2 aromatic heterocycles. The van der Waals surface area contributed by atoms with Crippen LogP contribution in [-0.4, -0.2) is 27.0 Å². The van der Waals surface area contributed by atoms with E-state index in [9.17, 15) is 9.59 Å². The number of anilines is 1. The van der Waals surface area contributed by atoms with Crippen molar-refractivity contribution in [2.75, 3.05) is 5.32 Å². The summed E-state index contributed by atoms with van der Waals surface area (Å²) in [6.07, 6.45) is 6.82. The molecule has 2 N–H and O–H groups in total. The Morgan fingerprint density at radius 3 is 2.89 bits per heavy atom. The standard InChI is InChI=1S/C12H9N3O3S/c16-10(17)2-1-8-5-9(7-13-6-8)11(18)15-12-14-3-4-19-12/h1-7H,(H,16,17)(H,14,15,18). The summed E-state index contributed by atoms with van der Waals surface area (Å²) < 4.78 is 0. The molecule has 0 fully saturated rings. The maximum Gasteiger partial charge on any atom is 0.328 e. The Kier molecular flexibility index (Phi) is 3.99. The molecular weight excluding hydrogens is 266 g/mol. The van der Waals surface area contributed by atoms with Gasteiger partial charge in [-0.05, 0) is 17.7 Å². The Morgan fingerprint density at radius 1 is 1.37 bits per heavy atom. The number of carbonyl (C=O) groups is 2. The van der Waals surface area contributed by atoms with Crippen LogP contribution in [0.1, 0.15) is 15.9 Å². The van der Waals surface area contributed by atoms with Gasteiger partial charge in [-0.25, -0.2) is 9.78 Å². The number of pyridine rings is 1. The predicted molar refractivity (Wildman–Crippen MR) is 71.0 cm³/mol. The van der Waals surface area contributed by atoms with Crippen LogP contribution in [0.4, 0.5) is 5.13 Å². The molecule has 96 valence electrons. The third-order valence-electron chi connectivity index (χ3n) is 2.09. The quantitative estimate of drug-likeness (QED) is 0.831. The van der Waals surface area contributed by atoms with Crippen LogP contribution < -0.4 is 5.32 Å². The van der Waals surface area contributed by atoms with E-state index in [0.29, 0.717) is 16.3 Å². The summed E-state index contributed by atoms with van der Waals surface area (Å²) >= 11 is 1.31. The zero-order chi connectivity index (χ0) is 13.7. The number of rotatable bonds is 4. The van der Waals surface area contributed by atoms with E-state index in [1.54, 1.807) is 17.6 Å². The molecule has 0 aliphatic carbocycles. The van der Waals surface area contributed by atoms with Gasteiger partial charge in [0, 0.05) is 30.0 Å². The lowest BCUT2D eigenvalue weighted by atomic mass is 10.2. The number of nitrogens with one attached hydrogen (secondary N) is 1. The first-order valence-electron chi connectivity index (χ1n) is 5.22. The van der Waals surface area contributed by atoms with Crippen molar-refractivity contribution in [3.05, 3.63) is 47.2 Å². The number of hydrogen-bond donors (Lipinski definition) is 2. The minimum atomic E-state index is -1.06. The Hall–Kier alpha value is -2.54. The summed E-state index contributed by atoms with van der Waals surface area (Å²) in [7, 11) is 0. The van der Waals surface area contributed by atoms with Crippen LogP contribution in [-0.2, 0) is 4.79 Å². The molecule has 0 saturated heterocycles. The van der Waals surface area contributed by atoms with Gasteiger partial charge < -0.3 is 5.11 Å². The zero-order valence-corrected chi connectivity index (χ0v) is 10.4. The molecule has 6 nitrogen and oxygen atoms in total. The maximum absolute atomic E-state index is 11.9. The molecule has 0 aliphatic heterocycles. The first-order valence-corrected chi connectivity index (χ1v) is 6.10. The second-order valence-electron chi connectivity index (χ2n) is 3.47. The van der Waals surface area contributed by atoms with Crippen molar-refractivity contribution in [3.8, 4) is 0 Å². The number of carbonyl (C=O) groups excluding carboxylic acids is 1. The maximum atomic E-state index is 11.9. The van der Waals surface area contributed by atoms with Crippen LogP contribution in [0.5, 0.6) is 0 Å². The fraction of sp³-hybridized carbons (Fsp3) is 0. The first-order chi connectivity index (χ1) is 9.15. The van der Waals surface area contributed by atoms with Crippen LogP contribution in [0.25, 0.3) is 6.08 Å². The molecule has 7 heteroatoms. The second kappa shape index (κ2) is 5.87. The van der Waals surface area contributed by atoms with E-state index in [1.165, 1.54) is 29.8 Å². The number of carboxylic acid groups (broad SMARTS) is 1. The van der Waals surface area contributed by atoms with Crippen molar-refractivity contribution in [2.24, 2.45) is 0 Å². The van der Waals surface area contributed by atoms with Gasteiger partial charge in [-0.2, -0.15) is 0 Å². The van der Waals surface area contributed by atoms with Crippen molar-refractivity contribution < 1.29 is 14.7 Å². The Bertz CT molecular complexity index is 623. The van der Waals surface area contributed by atoms with Gasteiger partial charge in [0.25, 0.3) is 5.91 Å². The number of aromatic nitrogens is 2. The number of aliphatic carboxylic acids is 1. The summed E-state index contributed by atoms with van der Waals surface area (Å²) in [6.45, 7) is 0. The highest BCUT2D eigenvalue weighted by molar-refractivity contribution is 7.13. The minimum Gasteiger partial charge on any atom is -0.478 e. The molecule has 0 spiro atoms. The van der Waals surface area contributed by atoms with Crippen LogP contribution in [0.3, 0.4) is 0 Å². The normalized spacial score (nSPS) is 10.5. The molecular formula is C12H9N3O3S. The van der Waals surface area contributed by atoms with Crippen LogP contribution >= 0.6 is 11.3 Å². The zero-order valence-electron chi connectivity index (χ0n) is 9.61. The van der Waals surface area contributed by atoms with Crippen molar-refractivity contribution in [3.63, 3.8) is 0 Å². The van der Waals surface area contributed by atoms with Crippen LogP contribution in [0.2, 0.25) is 0 Å². The van der Waals surface area contributed by atoms with E-state index in [4.69, 9.17) is 5.11 Å². The fourth-order valence-electron chi connectivity index (χ4n) is 1.30. The summed E-state index contributed by atoms with van der Waals surface area (Å²) in [5, 5.41) is 13.4. The van der Waals surface area contributed by atoms with Crippen molar-refractivity contribution in [1.82, 2.24) is 9.97 Å². The molecule has 0 radical (unpaired) electrons. The second-order valence-corrected chi connectivity index (χ2v) is 4.36. The monoisotopic (exact) mass is 275 g/mol. The van der Waals surface area contributed by atoms with E-state index in [-0.39, 0.29) is 5.91 Å². The van der Waals surface area contributed by atoms with Crippen molar-refractivity contribution in [2.45, 2.75) is 0 Å². The van der Waals surface area contributed by atoms with Crippen LogP contribution in [0.15, 0.2) is 36.1 Å². The molecule has 2 aromatic rings. The van der Waals surface area contributed by atoms with Crippen molar-refractivity contribution in [1.29, 1.82) is 0 Å². The number of nitrogens with zero attached hydrogens (tertiary/aromatic N) is 2. The Labute approximate surface area is 112 Å². The average Bonchev–Trinajstić information content (AvgIpc) is 2.89. The smallest absolute Gasteiger partial charge is 0.328 e. The molecule has 0 saturated carbocycles. The van der Waals surface area contributed by atoms with Gasteiger partial charge in [-0.1, -0.05) is 0 Å². The summed E-state index contributed by atoms with van der Waals surface area (Å²) in [5.74, 6) is -1.40. The molecule has 0 unspecified atom stereocenters. The van der Waals surface area contributed by atoms with Gasteiger partial charge in [-0.3, -0.25) is 15.1 Å². The first kappa shape index (κ1) is 12.9. The minimum absolute atomic E-state index is 0.336. The SMILES string of the molecule is O=C(O)C=Cc1cncc(C(=O)Nc2nccs2)c1. The van der Waals surface area contributed by atoms with E-state index in [0.717, 1.165) is 6.08 Å². The average molecular weight is 275 g/mol. The summed E-state index contributed by atoms with van der Waals surface area (Å²) in [6, 6.07) is 1.55. The topological polar surface area (TPSA) is 92.2 Å². The number of carboxylic acids is 1. The molecule has 0 aliphatic rings. The van der Waals surface area contributed by atoms with E-state index >= 15 is 0 Å². The Balaban J connectivity index is 2.14. The largest absolute Gasteiger partial charge is 0.478 e.